The summed E-state index contributed by atoms with van der Waals surface area (Å²) in [6.45, 7) is 6.27. The van der Waals surface area contributed by atoms with Crippen LogP contribution in [-0.4, -0.2) is 69.2 Å². The molecule has 0 saturated heterocycles. The van der Waals surface area contributed by atoms with E-state index in [-0.39, 0.29) is 5.91 Å². The molecule has 3 heterocycles. The van der Waals surface area contributed by atoms with Crippen molar-refractivity contribution in [2.45, 2.75) is 25.7 Å². The number of nitrogens with one attached hydrogen (secondary N) is 3. The van der Waals surface area contributed by atoms with Gasteiger partial charge in [-0.2, -0.15) is 0 Å². The molecule has 1 amide bonds. The van der Waals surface area contributed by atoms with E-state index in [9.17, 15) is 4.79 Å². The van der Waals surface area contributed by atoms with E-state index in [2.05, 4.69) is 66.3 Å². The van der Waals surface area contributed by atoms with Gasteiger partial charge in [0.25, 0.3) is 0 Å². The summed E-state index contributed by atoms with van der Waals surface area (Å²) in [6, 6.07) is 10.4. The smallest absolute Gasteiger partial charge is 0.247 e. The van der Waals surface area contributed by atoms with Crippen LogP contribution >= 0.6 is 0 Å². The normalized spacial score (nSPS) is 16.0. The molecule has 1 atom stereocenters. The Morgan fingerprint density at radius 1 is 1.26 bits per heavy atom. The van der Waals surface area contributed by atoms with Gasteiger partial charge in [-0.1, -0.05) is 24.8 Å². The summed E-state index contributed by atoms with van der Waals surface area (Å²) >= 11 is 0. The van der Waals surface area contributed by atoms with Crippen molar-refractivity contribution in [2.75, 3.05) is 56.9 Å². The Hall–Kier alpha value is -4.24. The first kappa shape index (κ1) is 26.4. The highest BCUT2D eigenvalue weighted by Crippen LogP contribution is 2.38. The summed E-state index contributed by atoms with van der Waals surface area (Å²) in [4.78, 5) is 21.1. The van der Waals surface area contributed by atoms with Gasteiger partial charge in [0.1, 0.15) is 5.75 Å². The number of carbonyl (C=O) groups excluding carboxylic acids is 1. The Kier molecular flexibility index (Phi) is 7.60. The van der Waals surface area contributed by atoms with Crippen molar-refractivity contribution in [3.05, 3.63) is 66.4 Å². The van der Waals surface area contributed by atoms with Crippen molar-refractivity contribution >= 4 is 45.8 Å². The number of hydrogen-bond acceptors (Lipinski definition) is 7. The molecule has 2 aromatic carbocycles. The van der Waals surface area contributed by atoms with Crippen LogP contribution in [0.3, 0.4) is 0 Å². The number of para-hydroxylation sites is 1. The van der Waals surface area contributed by atoms with Crippen LogP contribution < -0.4 is 25.6 Å². The van der Waals surface area contributed by atoms with E-state index >= 15 is 0 Å². The van der Waals surface area contributed by atoms with Crippen LogP contribution in [0.1, 0.15) is 17.5 Å². The number of aromatic nitrogens is 1. The lowest BCUT2D eigenvalue weighted by atomic mass is 10.0. The molecule has 1 unspecified atom stereocenters. The van der Waals surface area contributed by atoms with Gasteiger partial charge in [0.2, 0.25) is 5.91 Å². The number of hydrogen-bond donors (Lipinski definition) is 3. The van der Waals surface area contributed by atoms with Crippen molar-refractivity contribution in [3.8, 4) is 5.75 Å². The van der Waals surface area contributed by atoms with Crippen LogP contribution in [0.15, 0.2) is 60.3 Å². The fourth-order valence-corrected chi connectivity index (χ4v) is 5.22. The number of amides is 1. The zero-order valence-electron chi connectivity index (χ0n) is 23.1. The van der Waals surface area contributed by atoms with E-state index in [1.54, 1.807) is 7.11 Å². The lowest BCUT2D eigenvalue weighted by Crippen LogP contribution is -2.35. The zero-order valence-corrected chi connectivity index (χ0v) is 23.1. The number of carbonyl (C=O) groups is 1. The number of ether oxygens (including phenoxy) is 1. The molecular formula is C30H37N7O2. The molecule has 0 fully saturated rings. The Bertz CT molecular complexity index is 1450. The average Bonchev–Trinajstić information content (AvgIpc) is 3.32. The molecule has 0 saturated carbocycles. The minimum absolute atomic E-state index is 0.277. The van der Waals surface area contributed by atoms with Crippen LogP contribution in [0.25, 0.3) is 16.6 Å². The fraction of sp³-hybridized carbons (Fsp3) is 0.333. The maximum atomic E-state index is 12.3. The minimum atomic E-state index is -0.425. The maximum Gasteiger partial charge on any atom is 0.247 e. The Morgan fingerprint density at radius 3 is 2.87 bits per heavy atom. The lowest BCUT2D eigenvalue weighted by molar-refractivity contribution is -0.111. The topological polar surface area (TPSA) is 86.2 Å². The van der Waals surface area contributed by atoms with Crippen LogP contribution in [0, 0.1) is 0 Å². The average molecular weight is 528 g/mol. The van der Waals surface area contributed by atoms with Crippen LogP contribution in [0.4, 0.5) is 17.1 Å². The Morgan fingerprint density at radius 2 is 2.10 bits per heavy atom. The second kappa shape index (κ2) is 11.2. The first-order valence-electron chi connectivity index (χ1n) is 13.3. The van der Waals surface area contributed by atoms with Gasteiger partial charge < -0.3 is 35.1 Å². The standard InChI is InChI=1S/C30H37N7O2/c1-6-28(38)32-24-17-25(27(39-5)18-26(24)36(4)16-15-35(2)3)34-30-31-13-12-23(33-30)22-19-37-14-8-10-20-9-7-11-21(22)29(20)37/h6-7,9,11-13,17-19,30,33-34H,1,8,10,14-16H2,2-5H3,(H,32,38). The molecule has 9 nitrogen and oxygen atoms in total. The highest BCUT2D eigenvalue weighted by molar-refractivity contribution is 6.02. The molecule has 204 valence electrons. The molecule has 0 radical (unpaired) electrons. The van der Waals surface area contributed by atoms with Crippen LogP contribution in [0.5, 0.6) is 5.75 Å². The van der Waals surface area contributed by atoms with Crippen molar-refractivity contribution in [2.24, 2.45) is 4.99 Å². The number of rotatable bonds is 10. The van der Waals surface area contributed by atoms with E-state index in [0.717, 1.165) is 49.4 Å². The predicted molar refractivity (Wildman–Crippen MR) is 161 cm³/mol. The third-order valence-electron chi connectivity index (χ3n) is 7.23. The quantitative estimate of drug-likeness (QED) is 0.344. The SMILES string of the molecule is C=CC(=O)Nc1cc(NC2N=CC=C(c3cn4c5c(cccc35)CCC4)N2)c(OC)cc1N(C)CCN(C)C. The van der Waals surface area contributed by atoms with Crippen molar-refractivity contribution in [1.82, 2.24) is 14.8 Å². The summed E-state index contributed by atoms with van der Waals surface area (Å²) < 4.78 is 8.13. The van der Waals surface area contributed by atoms with Gasteiger partial charge in [0.15, 0.2) is 6.29 Å². The molecule has 1 aromatic heterocycles. The Labute approximate surface area is 229 Å². The van der Waals surface area contributed by atoms with Gasteiger partial charge in [-0.25, -0.2) is 4.99 Å². The van der Waals surface area contributed by atoms with E-state index in [0.29, 0.717) is 17.1 Å². The lowest BCUT2D eigenvalue weighted by Gasteiger charge is -2.27. The highest BCUT2D eigenvalue weighted by atomic mass is 16.5. The van der Waals surface area contributed by atoms with Gasteiger partial charge >= 0.3 is 0 Å². The number of benzene rings is 2. The van der Waals surface area contributed by atoms with Gasteiger partial charge in [-0.15, -0.1) is 0 Å². The Balaban J connectivity index is 1.42. The number of aryl methyl sites for hydroxylation is 2. The molecular weight excluding hydrogens is 490 g/mol. The second-order valence-electron chi connectivity index (χ2n) is 10.2. The summed E-state index contributed by atoms with van der Waals surface area (Å²) in [7, 11) is 7.71. The third-order valence-corrected chi connectivity index (χ3v) is 7.23. The molecule has 2 aliphatic heterocycles. The first-order valence-corrected chi connectivity index (χ1v) is 13.3. The van der Waals surface area contributed by atoms with E-state index in [1.807, 2.05) is 45.6 Å². The van der Waals surface area contributed by atoms with Gasteiger partial charge in [-0.05, 0) is 50.7 Å². The van der Waals surface area contributed by atoms with Crippen LogP contribution in [-0.2, 0) is 17.8 Å². The number of aliphatic imine (C=N–C) groups is 1. The molecule has 39 heavy (non-hydrogen) atoms. The summed E-state index contributed by atoms with van der Waals surface area (Å²) in [5.74, 6) is 0.374. The van der Waals surface area contributed by atoms with Crippen LogP contribution in [0.2, 0.25) is 0 Å². The monoisotopic (exact) mass is 527 g/mol. The maximum absolute atomic E-state index is 12.3. The number of anilines is 3. The molecule has 5 rings (SSSR count). The molecule has 0 bridgehead atoms. The number of likely N-dealkylation sites (N-methyl/N-ethyl adjacent to an activating group) is 2. The van der Waals surface area contributed by atoms with Crippen molar-refractivity contribution < 1.29 is 9.53 Å². The van der Waals surface area contributed by atoms with E-state index < -0.39 is 6.29 Å². The molecule has 0 spiro atoms. The summed E-state index contributed by atoms with van der Waals surface area (Å²) in [5, 5.41) is 11.2. The van der Waals surface area contributed by atoms with Gasteiger partial charge in [-0.3, -0.25) is 4.79 Å². The van der Waals surface area contributed by atoms with Crippen molar-refractivity contribution in [3.63, 3.8) is 0 Å². The molecule has 9 heteroatoms. The van der Waals surface area contributed by atoms with Gasteiger partial charge in [0.05, 0.1) is 29.7 Å². The van der Waals surface area contributed by atoms with Gasteiger partial charge in [0, 0.05) is 61.8 Å². The number of methoxy groups -OCH3 is 1. The molecule has 0 aliphatic carbocycles. The summed E-state index contributed by atoms with van der Waals surface area (Å²) in [6.07, 6.45) is 9.19. The van der Waals surface area contributed by atoms with E-state index in [1.165, 1.54) is 22.5 Å². The number of nitrogens with zero attached hydrogens (tertiary/aromatic N) is 4. The largest absolute Gasteiger partial charge is 0.495 e. The molecule has 3 aromatic rings. The fourth-order valence-electron chi connectivity index (χ4n) is 5.22. The molecule has 3 N–H and O–H groups in total. The van der Waals surface area contributed by atoms with E-state index in [4.69, 9.17) is 4.74 Å². The number of allylic oxidation sites excluding steroid dienone is 1. The molecule has 2 aliphatic rings. The third kappa shape index (κ3) is 5.49. The minimum Gasteiger partial charge on any atom is -0.495 e. The predicted octanol–water partition coefficient (Wildman–Crippen LogP) is 4.13. The van der Waals surface area contributed by atoms with Crippen molar-refractivity contribution in [1.29, 1.82) is 0 Å². The zero-order chi connectivity index (χ0) is 27.5. The first-order chi connectivity index (χ1) is 18.9. The second-order valence-corrected chi connectivity index (χ2v) is 10.2. The highest BCUT2D eigenvalue weighted by Gasteiger charge is 2.22. The summed E-state index contributed by atoms with van der Waals surface area (Å²) in [5.41, 5.74) is 7.12.